The molecule has 23 heavy (non-hydrogen) atoms. The average molecular weight is 341 g/mol. The molecule has 1 aromatic heterocycles. The van der Waals surface area contributed by atoms with Gasteiger partial charge in [0.25, 0.3) is 0 Å². The lowest BCUT2D eigenvalue weighted by molar-refractivity contribution is 0.0192. The number of nitrogens with one attached hydrogen (secondary N) is 1. The van der Waals surface area contributed by atoms with Gasteiger partial charge in [0, 0.05) is 34.9 Å². The maximum absolute atomic E-state index is 12.3. The fourth-order valence-electron chi connectivity index (χ4n) is 2.47. The first-order chi connectivity index (χ1) is 10.5. The number of amides is 1. The molecule has 1 N–H and O–H groups in total. The number of nitrogens with zero attached hydrogens (tertiary/aromatic N) is 1. The fraction of sp³-hybridized carbons (Fsp3) is 0.722. The van der Waals surface area contributed by atoms with Gasteiger partial charge in [0.15, 0.2) is 0 Å². The number of rotatable bonds is 6. The van der Waals surface area contributed by atoms with E-state index in [0.29, 0.717) is 6.54 Å². The van der Waals surface area contributed by atoms with E-state index in [2.05, 4.69) is 32.2 Å². The molecule has 132 valence electrons. The molecule has 4 nitrogen and oxygen atoms in total. The Kier molecular flexibility index (Phi) is 7.08. The van der Waals surface area contributed by atoms with Gasteiger partial charge in [-0.05, 0) is 67.0 Å². The molecule has 0 bridgehead atoms. The van der Waals surface area contributed by atoms with Crippen molar-refractivity contribution in [3.63, 3.8) is 0 Å². The minimum Gasteiger partial charge on any atom is -0.444 e. The highest BCUT2D eigenvalue weighted by Crippen LogP contribution is 2.26. The molecule has 1 aromatic rings. The van der Waals surface area contributed by atoms with Crippen LogP contribution in [0.4, 0.5) is 4.79 Å². The third-order valence-electron chi connectivity index (χ3n) is 3.60. The maximum atomic E-state index is 12.3. The number of thiophene rings is 1. The molecule has 0 spiro atoms. The van der Waals surface area contributed by atoms with E-state index in [4.69, 9.17) is 4.74 Å². The van der Waals surface area contributed by atoms with Crippen LogP contribution >= 0.6 is 11.3 Å². The highest BCUT2D eigenvalue weighted by molar-refractivity contribution is 7.12. The van der Waals surface area contributed by atoms with Crippen LogP contribution in [0.1, 0.15) is 62.9 Å². The standard InChI is InChI=1S/C18H32N2O2S/c1-12(2)20(17(21)22-18(6,7)8)10-9-19-14(4)16-11-13(3)23-15(16)5/h11-12,14,19H,9-10H2,1-8H3. The monoisotopic (exact) mass is 340 g/mol. The number of aryl methyl sites for hydroxylation is 2. The molecule has 1 unspecified atom stereocenters. The molecule has 1 rings (SSSR count). The third-order valence-corrected chi connectivity index (χ3v) is 4.58. The number of hydrogen-bond acceptors (Lipinski definition) is 4. The molecular weight excluding hydrogens is 308 g/mol. The molecule has 0 saturated carbocycles. The zero-order chi connectivity index (χ0) is 17.8. The van der Waals surface area contributed by atoms with Gasteiger partial charge >= 0.3 is 6.09 Å². The van der Waals surface area contributed by atoms with Gasteiger partial charge in [0.1, 0.15) is 5.60 Å². The van der Waals surface area contributed by atoms with Gasteiger partial charge in [-0.3, -0.25) is 0 Å². The highest BCUT2D eigenvalue weighted by Gasteiger charge is 2.24. The maximum Gasteiger partial charge on any atom is 0.410 e. The van der Waals surface area contributed by atoms with E-state index < -0.39 is 5.60 Å². The molecule has 0 aromatic carbocycles. The van der Waals surface area contributed by atoms with Crippen molar-refractivity contribution in [3.05, 3.63) is 21.4 Å². The van der Waals surface area contributed by atoms with Crippen molar-refractivity contribution in [1.82, 2.24) is 10.2 Å². The Morgan fingerprint density at radius 3 is 2.35 bits per heavy atom. The molecule has 0 aliphatic rings. The Bertz CT molecular complexity index is 518. The lowest BCUT2D eigenvalue weighted by atomic mass is 10.1. The molecule has 0 aliphatic heterocycles. The van der Waals surface area contributed by atoms with Crippen LogP contribution in [0, 0.1) is 13.8 Å². The van der Waals surface area contributed by atoms with Crippen LogP contribution < -0.4 is 5.32 Å². The SMILES string of the molecule is Cc1cc(C(C)NCCN(C(=O)OC(C)(C)C)C(C)C)c(C)s1. The summed E-state index contributed by atoms with van der Waals surface area (Å²) in [6, 6.07) is 2.64. The molecule has 0 radical (unpaired) electrons. The molecule has 0 aliphatic carbocycles. The van der Waals surface area contributed by atoms with E-state index in [1.165, 1.54) is 15.3 Å². The van der Waals surface area contributed by atoms with Crippen molar-refractivity contribution in [1.29, 1.82) is 0 Å². The number of carbonyl (C=O) groups excluding carboxylic acids is 1. The predicted molar refractivity (Wildman–Crippen MR) is 98.3 cm³/mol. The molecule has 0 saturated heterocycles. The predicted octanol–water partition coefficient (Wildman–Crippen LogP) is 4.66. The summed E-state index contributed by atoms with van der Waals surface area (Å²) in [4.78, 5) is 16.7. The first kappa shape index (κ1) is 20.0. The lowest BCUT2D eigenvalue weighted by Gasteiger charge is -2.30. The van der Waals surface area contributed by atoms with Crippen LogP contribution in [0.5, 0.6) is 0 Å². The van der Waals surface area contributed by atoms with Crippen LogP contribution in [0.15, 0.2) is 6.07 Å². The van der Waals surface area contributed by atoms with Gasteiger partial charge in [0.2, 0.25) is 0 Å². The molecule has 1 atom stereocenters. The zero-order valence-corrected chi connectivity index (χ0v) is 16.6. The van der Waals surface area contributed by atoms with E-state index in [9.17, 15) is 4.79 Å². The van der Waals surface area contributed by atoms with E-state index in [1.54, 1.807) is 4.90 Å². The normalized spacial score (nSPS) is 13.3. The lowest BCUT2D eigenvalue weighted by Crippen LogP contribution is -2.44. The number of ether oxygens (including phenoxy) is 1. The quantitative estimate of drug-likeness (QED) is 0.819. The van der Waals surface area contributed by atoms with Crippen LogP contribution in [-0.2, 0) is 4.74 Å². The Morgan fingerprint density at radius 1 is 1.30 bits per heavy atom. The summed E-state index contributed by atoms with van der Waals surface area (Å²) in [5.41, 5.74) is 0.886. The van der Waals surface area contributed by atoms with Gasteiger partial charge in [-0.15, -0.1) is 11.3 Å². The minimum atomic E-state index is -0.462. The van der Waals surface area contributed by atoms with Crippen LogP contribution in [-0.4, -0.2) is 35.7 Å². The molecule has 0 fully saturated rings. The Morgan fingerprint density at radius 2 is 1.91 bits per heavy atom. The number of carbonyl (C=O) groups is 1. The minimum absolute atomic E-state index is 0.118. The molecule has 1 heterocycles. The van der Waals surface area contributed by atoms with Gasteiger partial charge in [0.05, 0.1) is 0 Å². The highest BCUT2D eigenvalue weighted by atomic mass is 32.1. The summed E-state index contributed by atoms with van der Waals surface area (Å²) in [7, 11) is 0. The van der Waals surface area contributed by atoms with Crippen LogP contribution in [0.3, 0.4) is 0 Å². The molecular formula is C18H32N2O2S. The second-order valence-electron chi connectivity index (χ2n) is 7.31. The Labute approximate surface area is 145 Å². The topological polar surface area (TPSA) is 41.6 Å². The zero-order valence-electron chi connectivity index (χ0n) is 15.8. The average Bonchev–Trinajstić information content (AvgIpc) is 2.70. The second kappa shape index (κ2) is 8.15. The summed E-state index contributed by atoms with van der Waals surface area (Å²) in [5, 5.41) is 3.51. The second-order valence-corrected chi connectivity index (χ2v) is 8.77. The van der Waals surface area contributed by atoms with E-state index in [-0.39, 0.29) is 18.2 Å². The Balaban J connectivity index is 2.56. The van der Waals surface area contributed by atoms with Crippen molar-refractivity contribution < 1.29 is 9.53 Å². The van der Waals surface area contributed by atoms with Crippen molar-refractivity contribution >= 4 is 17.4 Å². The van der Waals surface area contributed by atoms with Gasteiger partial charge in [-0.2, -0.15) is 0 Å². The van der Waals surface area contributed by atoms with Crippen molar-refractivity contribution in [2.75, 3.05) is 13.1 Å². The van der Waals surface area contributed by atoms with Crippen molar-refractivity contribution in [3.8, 4) is 0 Å². The summed E-state index contributed by atoms with van der Waals surface area (Å²) >= 11 is 1.83. The smallest absolute Gasteiger partial charge is 0.410 e. The first-order valence-corrected chi connectivity index (χ1v) is 9.13. The van der Waals surface area contributed by atoms with E-state index in [1.807, 2.05) is 46.0 Å². The van der Waals surface area contributed by atoms with Gasteiger partial charge < -0.3 is 15.0 Å². The van der Waals surface area contributed by atoms with Crippen LogP contribution in [0.25, 0.3) is 0 Å². The summed E-state index contributed by atoms with van der Waals surface area (Å²) < 4.78 is 5.49. The Hall–Kier alpha value is -1.07. The van der Waals surface area contributed by atoms with Gasteiger partial charge in [-0.1, -0.05) is 0 Å². The largest absolute Gasteiger partial charge is 0.444 e. The van der Waals surface area contributed by atoms with Crippen LogP contribution in [0.2, 0.25) is 0 Å². The molecule has 1 amide bonds. The summed E-state index contributed by atoms with van der Waals surface area (Å²) in [6.45, 7) is 17.6. The fourth-order valence-corrected chi connectivity index (χ4v) is 3.50. The first-order valence-electron chi connectivity index (χ1n) is 8.31. The summed E-state index contributed by atoms with van der Waals surface area (Å²) in [6.07, 6.45) is -0.246. The van der Waals surface area contributed by atoms with E-state index >= 15 is 0 Å². The third kappa shape index (κ3) is 6.51. The number of hydrogen-bond donors (Lipinski definition) is 1. The van der Waals surface area contributed by atoms with Crippen molar-refractivity contribution in [2.24, 2.45) is 0 Å². The summed E-state index contributed by atoms with van der Waals surface area (Å²) in [5.74, 6) is 0. The molecule has 5 heteroatoms. The van der Waals surface area contributed by atoms with Crippen molar-refractivity contribution in [2.45, 2.75) is 73.1 Å². The van der Waals surface area contributed by atoms with Gasteiger partial charge in [-0.25, -0.2) is 4.79 Å². The van der Waals surface area contributed by atoms with E-state index in [0.717, 1.165) is 6.54 Å².